The predicted octanol–water partition coefficient (Wildman–Crippen LogP) is 9.58. The van der Waals surface area contributed by atoms with E-state index in [0.29, 0.717) is 23.2 Å². The second-order valence-electron chi connectivity index (χ2n) is 10.7. The Labute approximate surface area is 259 Å². The summed E-state index contributed by atoms with van der Waals surface area (Å²) in [4.78, 5) is 22.7. The highest BCUT2D eigenvalue weighted by Crippen LogP contribution is 2.37. The van der Waals surface area contributed by atoms with Crippen LogP contribution in [0.1, 0.15) is 0 Å². The molecule has 0 spiro atoms. The van der Waals surface area contributed by atoms with Crippen LogP contribution in [0, 0.1) is 6.57 Å². The predicted molar refractivity (Wildman–Crippen MR) is 180 cm³/mol. The van der Waals surface area contributed by atoms with E-state index in [1.54, 1.807) is 6.20 Å². The van der Waals surface area contributed by atoms with Gasteiger partial charge in [-0.3, -0.25) is 4.98 Å². The van der Waals surface area contributed by atoms with Gasteiger partial charge >= 0.3 is 0 Å². The molecule has 0 saturated carbocycles. The van der Waals surface area contributed by atoms with E-state index in [1.165, 1.54) is 0 Å². The molecular weight excluding hydrogens is 552 g/mol. The van der Waals surface area contributed by atoms with Crippen LogP contribution in [-0.2, 0) is 0 Å². The van der Waals surface area contributed by atoms with Crippen LogP contribution in [0.4, 0.5) is 5.69 Å². The van der Waals surface area contributed by atoms with Crippen LogP contribution >= 0.6 is 0 Å². The SMILES string of the molecule is [C-]#[N+]c1ccc2c(c1)c1cc(-c3nc(-c4ccccc4)nc(-c4ccccc4)n3)ccc1n2-c1ccc(-c2cccnc2)cc1. The number of fused-ring (bicyclic) bond motifs is 3. The molecule has 0 radical (unpaired) electrons. The molecule has 8 rings (SSSR count). The summed E-state index contributed by atoms with van der Waals surface area (Å²) in [5.74, 6) is 1.82. The lowest BCUT2D eigenvalue weighted by Crippen LogP contribution is -2.00. The molecule has 3 heterocycles. The third-order valence-corrected chi connectivity index (χ3v) is 7.96. The Bertz CT molecular complexity index is 2300. The molecule has 0 atom stereocenters. The van der Waals surface area contributed by atoms with Crippen LogP contribution in [0.3, 0.4) is 0 Å². The lowest BCUT2D eigenvalue weighted by atomic mass is 10.1. The smallest absolute Gasteiger partial charge is 0.188 e. The Hall–Kier alpha value is -6.45. The zero-order valence-electron chi connectivity index (χ0n) is 24.0. The molecule has 0 saturated heterocycles. The van der Waals surface area contributed by atoms with Gasteiger partial charge in [0.05, 0.1) is 17.6 Å². The Kier molecular flexibility index (Phi) is 6.40. The minimum absolute atomic E-state index is 0.590. The number of hydrogen-bond donors (Lipinski definition) is 0. The third-order valence-electron chi connectivity index (χ3n) is 7.96. The molecule has 6 heteroatoms. The fourth-order valence-corrected chi connectivity index (χ4v) is 5.77. The highest BCUT2D eigenvalue weighted by Gasteiger charge is 2.17. The summed E-state index contributed by atoms with van der Waals surface area (Å²) < 4.78 is 2.24. The number of aromatic nitrogens is 5. The van der Waals surface area contributed by atoms with Gasteiger partial charge in [0.25, 0.3) is 0 Å². The van der Waals surface area contributed by atoms with E-state index in [-0.39, 0.29) is 0 Å². The molecule has 210 valence electrons. The van der Waals surface area contributed by atoms with Gasteiger partial charge in [0, 0.05) is 40.2 Å². The number of pyridine rings is 1. The molecule has 0 fully saturated rings. The number of nitrogens with zero attached hydrogens (tertiary/aromatic N) is 6. The highest BCUT2D eigenvalue weighted by molar-refractivity contribution is 6.11. The fraction of sp³-hybridized carbons (Fsp3) is 0. The quantitative estimate of drug-likeness (QED) is 0.191. The monoisotopic (exact) mass is 576 g/mol. The molecule has 0 aliphatic carbocycles. The van der Waals surface area contributed by atoms with Crippen LogP contribution in [0.5, 0.6) is 0 Å². The number of rotatable bonds is 5. The van der Waals surface area contributed by atoms with Crippen molar-refractivity contribution < 1.29 is 0 Å². The van der Waals surface area contributed by atoms with Crippen molar-refractivity contribution >= 4 is 27.5 Å². The third kappa shape index (κ3) is 4.79. The zero-order chi connectivity index (χ0) is 30.2. The van der Waals surface area contributed by atoms with Gasteiger partial charge in [0.15, 0.2) is 23.2 Å². The number of benzene rings is 5. The summed E-state index contributed by atoms with van der Waals surface area (Å²) in [6, 6.07) is 44.6. The Balaban J connectivity index is 1.32. The molecule has 6 nitrogen and oxygen atoms in total. The molecule has 5 aromatic carbocycles. The Morgan fingerprint density at radius 2 is 1.04 bits per heavy atom. The van der Waals surface area contributed by atoms with Gasteiger partial charge in [-0.05, 0) is 65.0 Å². The zero-order valence-corrected chi connectivity index (χ0v) is 24.0. The van der Waals surface area contributed by atoms with Crippen molar-refractivity contribution in [2.75, 3.05) is 0 Å². The average Bonchev–Trinajstić information content (AvgIpc) is 3.45. The second-order valence-corrected chi connectivity index (χ2v) is 10.7. The van der Waals surface area contributed by atoms with Gasteiger partial charge < -0.3 is 4.57 Å². The maximum absolute atomic E-state index is 7.68. The summed E-state index contributed by atoms with van der Waals surface area (Å²) in [7, 11) is 0. The summed E-state index contributed by atoms with van der Waals surface area (Å²) in [5.41, 5.74) is 8.57. The summed E-state index contributed by atoms with van der Waals surface area (Å²) >= 11 is 0. The topological polar surface area (TPSA) is 60.9 Å². The minimum atomic E-state index is 0.590. The van der Waals surface area contributed by atoms with Gasteiger partial charge in [-0.1, -0.05) is 84.9 Å². The van der Waals surface area contributed by atoms with Crippen LogP contribution in [0.2, 0.25) is 0 Å². The van der Waals surface area contributed by atoms with E-state index in [1.807, 2.05) is 91.1 Å². The lowest BCUT2D eigenvalue weighted by Gasteiger charge is -2.10. The first-order valence-electron chi connectivity index (χ1n) is 14.6. The Morgan fingerprint density at radius 3 is 1.64 bits per heavy atom. The normalized spacial score (nSPS) is 11.1. The largest absolute Gasteiger partial charge is 0.309 e. The molecule has 0 bridgehead atoms. The second kappa shape index (κ2) is 11.0. The van der Waals surface area contributed by atoms with Crippen molar-refractivity contribution in [2.24, 2.45) is 0 Å². The van der Waals surface area contributed by atoms with Crippen molar-refractivity contribution in [3.05, 3.63) is 157 Å². The molecule has 45 heavy (non-hydrogen) atoms. The molecule has 0 N–H and O–H groups in total. The first-order valence-corrected chi connectivity index (χ1v) is 14.6. The fourth-order valence-electron chi connectivity index (χ4n) is 5.77. The molecule has 0 aliphatic heterocycles. The maximum Gasteiger partial charge on any atom is 0.188 e. The van der Waals surface area contributed by atoms with Crippen molar-refractivity contribution in [3.8, 4) is 51.0 Å². The van der Waals surface area contributed by atoms with Crippen LogP contribution in [0.15, 0.2) is 146 Å². The first kappa shape index (κ1) is 26.2. The van der Waals surface area contributed by atoms with E-state index in [2.05, 4.69) is 62.9 Å². The molecular formula is C39H24N6. The van der Waals surface area contributed by atoms with Gasteiger partial charge in [-0.15, -0.1) is 0 Å². The average molecular weight is 577 g/mol. The standard InChI is InChI=1S/C39H24N6/c1-40-31-17-21-36-34(24-31)33-23-29(16-20-35(33)45(36)32-18-14-26(15-19-32)30-13-8-22-41-25-30)39-43-37(27-9-4-2-5-10-27)42-38(44-39)28-11-6-3-7-12-28/h2-25H. The van der Waals surface area contributed by atoms with E-state index < -0.39 is 0 Å². The van der Waals surface area contributed by atoms with Gasteiger partial charge in [-0.25, -0.2) is 19.8 Å². The maximum atomic E-state index is 7.68. The van der Waals surface area contributed by atoms with Crippen molar-refractivity contribution in [1.29, 1.82) is 0 Å². The van der Waals surface area contributed by atoms with E-state index in [0.717, 1.165) is 55.3 Å². The first-order chi connectivity index (χ1) is 22.2. The highest BCUT2D eigenvalue weighted by atomic mass is 15.0. The van der Waals surface area contributed by atoms with Crippen LogP contribution in [-0.4, -0.2) is 24.5 Å². The summed E-state index contributed by atoms with van der Waals surface area (Å²) in [6.07, 6.45) is 3.65. The van der Waals surface area contributed by atoms with Crippen molar-refractivity contribution in [1.82, 2.24) is 24.5 Å². The van der Waals surface area contributed by atoms with Gasteiger partial charge in [0.2, 0.25) is 0 Å². The molecule has 0 amide bonds. The molecule has 0 unspecified atom stereocenters. The van der Waals surface area contributed by atoms with Crippen molar-refractivity contribution in [2.45, 2.75) is 0 Å². The van der Waals surface area contributed by atoms with Gasteiger partial charge in [0.1, 0.15) is 0 Å². The lowest BCUT2D eigenvalue weighted by molar-refractivity contribution is 1.07. The van der Waals surface area contributed by atoms with E-state index >= 15 is 0 Å². The van der Waals surface area contributed by atoms with Crippen LogP contribution < -0.4 is 0 Å². The summed E-state index contributed by atoms with van der Waals surface area (Å²) in [6.45, 7) is 7.68. The van der Waals surface area contributed by atoms with Crippen LogP contribution in [0.25, 0.3) is 77.6 Å². The molecule has 8 aromatic rings. The minimum Gasteiger partial charge on any atom is -0.309 e. The van der Waals surface area contributed by atoms with Crippen molar-refractivity contribution in [3.63, 3.8) is 0 Å². The van der Waals surface area contributed by atoms with E-state index in [9.17, 15) is 0 Å². The summed E-state index contributed by atoms with van der Waals surface area (Å²) in [5, 5.41) is 2.02. The molecule has 0 aliphatic rings. The van der Waals surface area contributed by atoms with E-state index in [4.69, 9.17) is 21.5 Å². The molecule has 3 aromatic heterocycles. The Morgan fingerprint density at radius 1 is 0.489 bits per heavy atom. The van der Waals surface area contributed by atoms with Gasteiger partial charge in [-0.2, -0.15) is 0 Å². The number of hydrogen-bond acceptors (Lipinski definition) is 4.